The standard InChI is InChI=1S/C14H22N4OS/c1-5-6-16-10(4)12(9(2)3)14-17-13(18-19-14)11-7-15-8-20-11/h7-10,12,16H,5-6H2,1-4H3. The van der Waals surface area contributed by atoms with Gasteiger partial charge in [0.25, 0.3) is 0 Å². The van der Waals surface area contributed by atoms with Crippen molar-refractivity contribution in [1.82, 2.24) is 20.4 Å². The maximum Gasteiger partial charge on any atom is 0.231 e. The van der Waals surface area contributed by atoms with Crippen LogP contribution in [-0.4, -0.2) is 27.7 Å². The number of nitrogens with zero attached hydrogens (tertiary/aromatic N) is 3. The van der Waals surface area contributed by atoms with Crippen molar-refractivity contribution in [3.8, 4) is 10.7 Å². The van der Waals surface area contributed by atoms with Crippen LogP contribution in [0.3, 0.4) is 0 Å². The normalized spacial score (nSPS) is 14.7. The third kappa shape index (κ3) is 3.43. The van der Waals surface area contributed by atoms with Crippen molar-refractivity contribution in [3.63, 3.8) is 0 Å². The van der Waals surface area contributed by atoms with Gasteiger partial charge >= 0.3 is 0 Å². The van der Waals surface area contributed by atoms with E-state index in [1.54, 1.807) is 11.7 Å². The molecule has 0 saturated heterocycles. The van der Waals surface area contributed by atoms with E-state index in [0.717, 1.165) is 17.8 Å². The summed E-state index contributed by atoms with van der Waals surface area (Å²) in [5.74, 6) is 2.00. The predicted octanol–water partition coefficient (Wildman–Crippen LogP) is 3.32. The summed E-state index contributed by atoms with van der Waals surface area (Å²) in [5.41, 5.74) is 1.77. The van der Waals surface area contributed by atoms with E-state index in [1.807, 2.05) is 0 Å². The zero-order valence-corrected chi connectivity index (χ0v) is 13.3. The fourth-order valence-corrected chi connectivity index (χ4v) is 2.92. The van der Waals surface area contributed by atoms with Gasteiger partial charge < -0.3 is 9.84 Å². The van der Waals surface area contributed by atoms with Crippen molar-refractivity contribution in [2.24, 2.45) is 5.92 Å². The maximum absolute atomic E-state index is 5.49. The molecule has 0 aliphatic carbocycles. The number of hydrogen-bond donors (Lipinski definition) is 1. The van der Waals surface area contributed by atoms with E-state index < -0.39 is 0 Å². The van der Waals surface area contributed by atoms with Crippen molar-refractivity contribution < 1.29 is 4.52 Å². The number of thiazole rings is 1. The second-order valence-electron chi connectivity index (χ2n) is 5.33. The van der Waals surface area contributed by atoms with Crippen LogP contribution in [0.1, 0.15) is 45.9 Å². The van der Waals surface area contributed by atoms with Gasteiger partial charge in [-0.3, -0.25) is 4.98 Å². The van der Waals surface area contributed by atoms with Crippen LogP contribution in [0.2, 0.25) is 0 Å². The molecule has 110 valence electrons. The van der Waals surface area contributed by atoms with Crippen LogP contribution in [0.5, 0.6) is 0 Å². The molecule has 0 saturated carbocycles. The van der Waals surface area contributed by atoms with E-state index in [4.69, 9.17) is 4.52 Å². The summed E-state index contributed by atoms with van der Waals surface area (Å²) in [6.07, 6.45) is 2.88. The first-order chi connectivity index (χ1) is 9.63. The van der Waals surface area contributed by atoms with E-state index in [2.05, 4.69) is 48.1 Å². The molecule has 0 amide bonds. The third-order valence-corrected chi connectivity index (χ3v) is 4.12. The largest absolute Gasteiger partial charge is 0.339 e. The smallest absolute Gasteiger partial charge is 0.231 e. The molecule has 2 atom stereocenters. The summed E-state index contributed by atoms with van der Waals surface area (Å²) in [4.78, 5) is 9.55. The fourth-order valence-electron chi connectivity index (χ4n) is 2.37. The lowest BCUT2D eigenvalue weighted by molar-refractivity contribution is 0.280. The van der Waals surface area contributed by atoms with Crippen LogP contribution in [-0.2, 0) is 0 Å². The van der Waals surface area contributed by atoms with E-state index in [-0.39, 0.29) is 5.92 Å². The molecule has 2 aromatic heterocycles. The molecule has 0 bridgehead atoms. The molecule has 6 heteroatoms. The monoisotopic (exact) mass is 294 g/mol. The summed E-state index contributed by atoms with van der Waals surface area (Å²) in [7, 11) is 0. The van der Waals surface area contributed by atoms with Gasteiger partial charge in [-0.15, -0.1) is 11.3 Å². The Morgan fingerprint density at radius 3 is 2.75 bits per heavy atom. The number of rotatable bonds is 7. The molecule has 2 aromatic rings. The highest BCUT2D eigenvalue weighted by molar-refractivity contribution is 7.13. The van der Waals surface area contributed by atoms with Crippen LogP contribution in [0.15, 0.2) is 16.2 Å². The van der Waals surface area contributed by atoms with Crippen LogP contribution < -0.4 is 5.32 Å². The molecule has 5 nitrogen and oxygen atoms in total. The average molecular weight is 294 g/mol. The summed E-state index contributed by atoms with van der Waals surface area (Å²) < 4.78 is 5.49. The van der Waals surface area contributed by atoms with Gasteiger partial charge in [0, 0.05) is 12.2 Å². The molecule has 0 fully saturated rings. The molecule has 2 unspecified atom stereocenters. The predicted molar refractivity (Wildman–Crippen MR) is 80.7 cm³/mol. The highest BCUT2D eigenvalue weighted by atomic mass is 32.1. The Kier molecular flexibility index (Phi) is 5.25. The zero-order chi connectivity index (χ0) is 14.5. The molecule has 0 radical (unpaired) electrons. The Bertz CT molecular complexity index is 509. The first-order valence-corrected chi connectivity index (χ1v) is 7.97. The number of hydrogen-bond acceptors (Lipinski definition) is 6. The summed E-state index contributed by atoms with van der Waals surface area (Å²) in [6, 6.07) is 0.310. The van der Waals surface area contributed by atoms with Gasteiger partial charge in [0.15, 0.2) is 0 Å². The number of aromatic nitrogens is 3. The van der Waals surface area contributed by atoms with Gasteiger partial charge in [-0.05, 0) is 25.8 Å². The molecule has 0 spiro atoms. The van der Waals surface area contributed by atoms with E-state index in [9.17, 15) is 0 Å². The van der Waals surface area contributed by atoms with Crippen LogP contribution >= 0.6 is 11.3 Å². The first-order valence-electron chi connectivity index (χ1n) is 7.09. The van der Waals surface area contributed by atoms with Gasteiger partial charge in [0.2, 0.25) is 11.7 Å². The van der Waals surface area contributed by atoms with Gasteiger partial charge in [0.1, 0.15) is 0 Å². The van der Waals surface area contributed by atoms with Gasteiger partial charge in [-0.25, -0.2) is 0 Å². The molecule has 1 N–H and O–H groups in total. The van der Waals surface area contributed by atoms with Gasteiger partial charge in [0.05, 0.1) is 16.3 Å². The molecule has 20 heavy (non-hydrogen) atoms. The van der Waals surface area contributed by atoms with E-state index in [0.29, 0.717) is 23.7 Å². The Morgan fingerprint density at radius 1 is 1.35 bits per heavy atom. The molecule has 2 heterocycles. The van der Waals surface area contributed by atoms with Crippen molar-refractivity contribution >= 4 is 11.3 Å². The van der Waals surface area contributed by atoms with Crippen molar-refractivity contribution in [2.75, 3.05) is 6.54 Å². The molecule has 0 aromatic carbocycles. The van der Waals surface area contributed by atoms with Crippen LogP contribution in [0.4, 0.5) is 0 Å². The van der Waals surface area contributed by atoms with Crippen LogP contribution in [0, 0.1) is 5.92 Å². The Hall–Kier alpha value is -1.27. The fraction of sp³-hybridized carbons (Fsp3) is 0.643. The number of nitrogens with one attached hydrogen (secondary N) is 1. The lowest BCUT2D eigenvalue weighted by atomic mass is 9.89. The lowest BCUT2D eigenvalue weighted by Crippen LogP contribution is -2.35. The molecular weight excluding hydrogens is 272 g/mol. The minimum absolute atomic E-state index is 0.218. The van der Waals surface area contributed by atoms with E-state index >= 15 is 0 Å². The van der Waals surface area contributed by atoms with Gasteiger partial charge in [-0.2, -0.15) is 4.98 Å². The Morgan fingerprint density at radius 2 is 2.15 bits per heavy atom. The highest BCUT2D eigenvalue weighted by Gasteiger charge is 2.28. The molecule has 0 aliphatic rings. The molecule has 0 aliphatic heterocycles. The minimum atomic E-state index is 0.218. The quantitative estimate of drug-likeness (QED) is 0.848. The van der Waals surface area contributed by atoms with Gasteiger partial charge in [-0.1, -0.05) is 25.9 Å². The summed E-state index contributed by atoms with van der Waals surface area (Å²) >= 11 is 1.52. The second kappa shape index (κ2) is 6.95. The molecular formula is C14H22N4OS. The van der Waals surface area contributed by atoms with Crippen LogP contribution in [0.25, 0.3) is 10.7 Å². The zero-order valence-electron chi connectivity index (χ0n) is 12.5. The highest BCUT2D eigenvalue weighted by Crippen LogP contribution is 2.29. The summed E-state index contributed by atoms with van der Waals surface area (Å²) in [6.45, 7) is 9.71. The third-order valence-electron chi connectivity index (χ3n) is 3.35. The SMILES string of the molecule is CCCNC(C)C(c1nc(-c2cncs2)no1)C(C)C. The summed E-state index contributed by atoms with van der Waals surface area (Å²) in [5, 5.41) is 7.60. The van der Waals surface area contributed by atoms with E-state index in [1.165, 1.54) is 11.3 Å². The lowest BCUT2D eigenvalue weighted by Gasteiger charge is -2.24. The second-order valence-corrected chi connectivity index (χ2v) is 6.22. The Labute approximate surface area is 123 Å². The minimum Gasteiger partial charge on any atom is -0.339 e. The topological polar surface area (TPSA) is 63.8 Å². The maximum atomic E-state index is 5.49. The van der Waals surface area contributed by atoms with Crippen molar-refractivity contribution in [3.05, 3.63) is 17.6 Å². The first kappa shape index (κ1) is 15.1. The molecule has 2 rings (SSSR count). The average Bonchev–Trinajstić information content (AvgIpc) is 3.06. The Balaban J connectivity index is 2.17. The van der Waals surface area contributed by atoms with Crippen molar-refractivity contribution in [2.45, 2.75) is 46.1 Å². The van der Waals surface area contributed by atoms with Crippen molar-refractivity contribution in [1.29, 1.82) is 0 Å².